The number of hydrogen-bond acceptors (Lipinski definition) is 4. The molecule has 23 heavy (non-hydrogen) atoms. The van der Waals surface area contributed by atoms with Crippen molar-refractivity contribution in [3.63, 3.8) is 0 Å². The minimum Gasteiger partial charge on any atom is -0.292 e. The van der Waals surface area contributed by atoms with Gasteiger partial charge < -0.3 is 0 Å². The number of carbonyl (C=O) groups excluding carboxylic acids is 1. The average molecular weight is 347 g/mol. The maximum absolute atomic E-state index is 12.7. The molecule has 4 nitrogen and oxygen atoms in total. The van der Waals surface area contributed by atoms with Gasteiger partial charge in [-0.25, -0.2) is 8.42 Å². The number of carbonyl (C=O) groups is 1. The summed E-state index contributed by atoms with van der Waals surface area (Å²) in [6.07, 6.45) is -1.32. The Labute approximate surface area is 132 Å². The molecule has 2 aliphatic rings. The van der Waals surface area contributed by atoms with E-state index in [-0.39, 0.29) is 18.5 Å². The highest BCUT2D eigenvalue weighted by Gasteiger charge is 2.46. The number of aromatic nitrogens is 1. The van der Waals surface area contributed by atoms with E-state index in [1.54, 1.807) is 0 Å². The van der Waals surface area contributed by atoms with Crippen LogP contribution in [0.3, 0.4) is 0 Å². The van der Waals surface area contributed by atoms with Crippen LogP contribution in [0, 0.1) is 5.92 Å². The second kappa shape index (κ2) is 5.58. The van der Waals surface area contributed by atoms with Gasteiger partial charge in [0.2, 0.25) is 0 Å². The Morgan fingerprint density at radius 3 is 2.35 bits per heavy atom. The molecule has 0 aliphatic carbocycles. The highest BCUT2D eigenvalue weighted by molar-refractivity contribution is 7.92. The highest BCUT2D eigenvalue weighted by atomic mass is 32.2. The summed E-state index contributed by atoms with van der Waals surface area (Å²) in [6.45, 7) is 0. The predicted molar refractivity (Wildman–Crippen MR) is 76.6 cm³/mol. The summed E-state index contributed by atoms with van der Waals surface area (Å²) in [5.74, 6) is -1.05. The quantitative estimate of drug-likeness (QED) is 0.772. The average Bonchev–Trinajstić information content (AvgIpc) is 2.44. The maximum atomic E-state index is 12.7. The van der Waals surface area contributed by atoms with Crippen LogP contribution in [0.1, 0.15) is 48.2 Å². The minimum absolute atomic E-state index is 0.190. The maximum Gasteiger partial charge on any atom is 0.416 e. The first-order valence-electron chi connectivity index (χ1n) is 7.50. The molecule has 0 N–H and O–H groups in total. The van der Waals surface area contributed by atoms with Gasteiger partial charge in [0, 0.05) is 12.1 Å². The van der Waals surface area contributed by atoms with Crippen molar-refractivity contribution in [3.05, 3.63) is 29.6 Å². The van der Waals surface area contributed by atoms with E-state index in [1.165, 1.54) is 0 Å². The molecule has 0 amide bonds. The number of ketones is 1. The number of alkyl halides is 3. The summed E-state index contributed by atoms with van der Waals surface area (Å²) in [5.41, 5.74) is -1.15. The third kappa shape index (κ3) is 3.00. The van der Waals surface area contributed by atoms with E-state index in [9.17, 15) is 26.4 Å². The van der Waals surface area contributed by atoms with Gasteiger partial charge >= 0.3 is 6.18 Å². The van der Waals surface area contributed by atoms with Gasteiger partial charge in [0.15, 0.2) is 15.6 Å². The lowest BCUT2D eigenvalue weighted by Gasteiger charge is -2.38. The molecule has 2 fully saturated rings. The molecule has 2 bridgehead atoms. The normalized spacial score (nSPS) is 30.0. The van der Waals surface area contributed by atoms with E-state index in [0.717, 1.165) is 24.8 Å². The molecule has 2 aliphatic heterocycles. The fourth-order valence-electron chi connectivity index (χ4n) is 3.57. The van der Waals surface area contributed by atoms with Gasteiger partial charge in [0.25, 0.3) is 0 Å². The van der Waals surface area contributed by atoms with Crippen LogP contribution in [-0.4, -0.2) is 29.7 Å². The first-order chi connectivity index (χ1) is 10.7. The van der Waals surface area contributed by atoms with Gasteiger partial charge in [-0.3, -0.25) is 9.78 Å². The van der Waals surface area contributed by atoms with Crippen molar-refractivity contribution < 1.29 is 26.4 Å². The Morgan fingerprint density at radius 1 is 1.17 bits per heavy atom. The molecule has 0 radical (unpaired) electrons. The first-order valence-corrected chi connectivity index (χ1v) is 9.10. The van der Waals surface area contributed by atoms with E-state index in [2.05, 4.69) is 4.98 Å². The fourth-order valence-corrected chi connectivity index (χ4v) is 6.11. The van der Waals surface area contributed by atoms with Gasteiger partial charge in [-0.2, -0.15) is 13.2 Å². The van der Waals surface area contributed by atoms with Crippen LogP contribution in [0.4, 0.5) is 13.2 Å². The van der Waals surface area contributed by atoms with Crippen molar-refractivity contribution in [1.29, 1.82) is 0 Å². The highest BCUT2D eigenvalue weighted by Crippen LogP contribution is 2.40. The number of pyridine rings is 1. The number of rotatable bonds is 2. The van der Waals surface area contributed by atoms with E-state index in [0.29, 0.717) is 12.8 Å². The zero-order valence-corrected chi connectivity index (χ0v) is 13.0. The standard InChI is InChI=1S/C15H16F3NO3S/c16-15(17,18)10-4-5-19-13(8-10)14(20)9-6-11-2-1-3-12(7-9)23(11,21)22/h4-5,8-9,11-12H,1-3,6-7H2. The molecule has 3 heterocycles. The molecule has 126 valence electrons. The number of Topliss-reactive ketones (excluding diaryl/α,β-unsaturated/α-hetero) is 1. The van der Waals surface area contributed by atoms with Crippen molar-refractivity contribution >= 4 is 15.6 Å². The molecule has 1 aromatic rings. The Morgan fingerprint density at radius 2 is 1.78 bits per heavy atom. The molecule has 2 unspecified atom stereocenters. The largest absolute Gasteiger partial charge is 0.416 e. The second-order valence-corrected chi connectivity index (χ2v) is 8.74. The topological polar surface area (TPSA) is 64.1 Å². The molecule has 0 aromatic carbocycles. The van der Waals surface area contributed by atoms with Gasteiger partial charge in [0.05, 0.1) is 16.1 Å². The Hall–Kier alpha value is -1.44. The lowest BCUT2D eigenvalue weighted by molar-refractivity contribution is -0.137. The molecular formula is C15H16F3NO3S. The SMILES string of the molecule is O=C(c1cc(C(F)(F)F)ccn1)C1CC2CCCC(C1)S2(=O)=O. The van der Waals surface area contributed by atoms with Crippen LogP contribution < -0.4 is 0 Å². The van der Waals surface area contributed by atoms with Crippen LogP contribution >= 0.6 is 0 Å². The van der Waals surface area contributed by atoms with Gasteiger partial charge in [-0.1, -0.05) is 6.42 Å². The van der Waals surface area contributed by atoms with Crippen molar-refractivity contribution in [2.45, 2.75) is 48.8 Å². The zero-order chi connectivity index (χ0) is 16.8. The van der Waals surface area contributed by atoms with Gasteiger partial charge in [0.1, 0.15) is 5.69 Å². The smallest absolute Gasteiger partial charge is 0.292 e. The van der Waals surface area contributed by atoms with Gasteiger partial charge in [-0.15, -0.1) is 0 Å². The van der Waals surface area contributed by atoms with Crippen LogP contribution in [0.25, 0.3) is 0 Å². The third-order valence-electron chi connectivity index (χ3n) is 4.79. The van der Waals surface area contributed by atoms with E-state index < -0.39 is 43.8 Å². The predicted octanol–water partition coefficient (Wildman–Crippen LogP) is 3.03. The Bertz CT molecular complexity index is 710. The van der Waals surface area contributed by atoms with E-state index in [4.69, 9.17) is 0 Å². The van der Waals surface area contributed by atoms with Crippen LogP contribution in [0.5, 0.6) is 0 Å². The molecule has 0 spiro atoms. The lowest BCUT2D eigenvalue weighted by Crippen LogP contribution is -2.45. The number of nitrogens with zero attached hydrogens (tertiary/aromatic N) is 1. The number of hydrogen-bond donors (Lipinski definition) is 0. The van der Waals surface area contributed by atoms with Crippen molar-refractivity contribution in [3.8, 4) is 0 Å². The molecular weight excluding hydrogens is 331 g/mol. The third-order valence-corrected chi connectivity index (χ3v) is 7.50. The summed E-state index contributed by atoms with van der Waals surface area (Å²) in [4.78, 5) is 16.3. The Balaban J connectivity index is 1.85. The van der Waals surface area contributed by atoms with Crippen molar-refractivity contribution in [2.75, 3.05) is 0 Å². The van der Waals surface area contributed by atoms with Crippen molar-refractivity contribution in [1.82, 2.24) is 4.98 Å². The van der Waals surface area contributed by atoms with E-state index >= 15 is 0 Å². The number of halogens is 3. The van der Waals surface area contributed by atoms with Crippen molar-refractivity contribution in [2.24, 2.45) is 5.92 Å². The molecule has 0 saturated carbocycles. The molecule has 2 atom stereocenters. The summed E-state index contributed by atoms with van der Waals surface area (Å²) in [7, 11) is -3.20. The fraction of sp³-hybridized carbons (Fsp3) is 0.600. The van der Waals surface area contributed by atoms with E-state index in [1.807, 2.05) is 0 Å². The summed E-state index contributed by atoms with van der Waals surface area (Å²) >= 11 is 0. The van der Waals surface area contributed by atoms with Crippen LogP contribution in [0.2, 0.25) is 0 Å². The first kappa shape index (κ1) is 16.4. The molecule has 3 rings (SSSR count). The zero-order valence-electron chi connectivity index (χ0n) is 12.2. The minimum atomic E-state index is -4.54. The lowest BCUT2D eigenvalue weighted by atomic mass is 9.85. The van der Waals surface area contributed by atoms with Crippen LogP contribution in [0.15, 0.2) is 18.3 Å². The number of sulfone groups is 1. The van der Waals surface area contributed by atoms with Gasteiger partial charge in [-0.05, 0) is 37.8 Å². The monoisotopic (exact) mass is 347 g/mol. The van der Waals surface area contributed by atoms with Crippen LogP contribution in [-0.2, 0) is 16.0 Å². The number of fused-ring (bicyclic) bond motifs is 2. The molecule has 2 saturated heterocycles. The molecule has 8 heteroatoms. The molecule has 1 aromatic heterocycles. The Kier molecular flexibility index (Phi) is 3.98. The second-order valence-electron chi connectivity index (χ2n) is 6.22. The summed E-state index contributed by atoms with van der Waals surface area (Å²) in [5, 5.41) is -1.09. The summed E-state index contributed by atoms with van der Waals surface area (Å²) in [6, 6.07) is 1.57. The summed E-state index contributed by atoms with van der Waals surface area (Å²) < 4.78 is 62.7.